The van der Waals surface area contributed by atoms with Crippen molar-refractivity contribution in [2.24, 2.45) is 23.5 Å². The molecule has 1 aromatic carbocycles. The SMILES string of the molecule is CNCCCN(C)C(=O)Oc1cc2c(O)c(c1)C(OC)C(C)CC(OC)C(OC)C(C)/C=C(\C)C(OC(N)=O)C(C)/C=C\C=C(/C)C(=O)N2. The van der Waals surface area contributed by atoms with Crippen LogP contribution in [-0.2, 0) is 23.7 Å². The van der Waals surface area contributed by atoms with E-state index >= 15 is 0 Å². The first-order chi connectivity index (χ1) is 23.2. The van der Waals surface area contributed by atoms with E-state index in [2.05, 4.69) is 10.6 Å². The van der Waals surface area contributed by atoms with Crippen molar-refractivity contribution in [3.05, 3.63) is 53.1 Å². The summed E-state index contributed by atoms with van der Waals surface area (Å²) < 4.78 is 29.1. The smallest absolute Gasteiger partial charge is 0.414 e. The lowest BCUT2D eigenvalue weighted by Crippen LogP contribution is -2.37. The Balaban J connectivity index is 2.71. The number of aromatic hydroxyl groups is 1. The lowest BCUT2D eigenvalue weighted by atomic mass is 9.86. The first-order valence-corrected chi connectivity index (χ1v) is 16.5. The van der Waals surface area contributed by atoms with Crippen LogP contribution in [0.25, 0.3) is 0 Å². The third-order valence-electron chi connectivity index (χ3n) is 8.75. The predicted octanol–water partition coefficient (Wildman–Crippen LogP) is 5.31. The predicted molar refractivity (Wildman–Crippen MR) is 188 cm³/mol. The first kappa shape index (κ1) is 41.3. The quantitative estimate of drug-likeness (QED) is 0.151. The number of amides is 3. The van der Waals surface area contributed by atoms with Crippen LogP contribution in [-0.4, -0.2) is 94.9 Å². The fraction of sp³-hybridized carbons (Fsp3) is 0.583. The minimum Gasteiger partial charge on any atom is -0.505 e. The molecule has 0 spiro atoms. The van der Waals surface area contributed by atoms with Gasteiger partial charge < -0.3 is 50.1 Å². The van der Waals surface area contributed by atoms with Gasteiger partial charge in [-0.15, -0.1) is 0 Å². The molecule has 2 bridgehead atoms. The summed E-state index contributed by atoms with van der Waals surface area (Å²) in [5.41, 5.74) is 6.90. The first-order valence-electron chi connectivity index (χ1n) is 16.5. The van der Waals surface area contributed by atoms with Crippen LogP contribution in [0, 0.1) is 17.8 Å². The molecule has 2 rings (SSSR count). The van der Waals surface area contributed by atoms with Crippen LogP contribution in [0.3, 0.4) is 0 Å². The van der Waals surface area contributed by atoms with E-state index in [0.29, 0.717) is 24.1 Å². The number of phenols is 1. The third kappa shape index (κ3) is 11.9. The number of nitrogens with zero attached hydrogens (tertiary/aromatic N) is 1. The molecule has 49 heavy (non-hydrogen) atoms. The summed E-state index contributed by atoms with van der Waals surface area (Å²) in [6, 6.07) is 2.95. The van der Waals surface area contributed by atoms with Crippen LogP contribution in [0.4, 0.5) is 15.3 Å². The van der Waals surface area contributed by atoms with Gasteiger partial charge in [-0.2, -0.15) is 0 Å². The second-order valence-corrected chi connectivity index (χ2v) is 12.7. The average Bonchev–Trinajstić information content (AvgIpc) is 3.04. The maximum absolute atomic E-state index is 13.3. The standard InChI is InChI=1S/C36H56N4O9/c1-21-13-11-14-22(2)34(42)39-28-20-26(48-36(44)40(7)16-12-15-38-6)19-27(30(28)41)32(46-9)25(5)18-29(45-8)33(47-10)24(4)17-23(3)31(21)49-35(37)43/h11,13-14,17,19-21,24-25,29,31-33,38,41H,12,15-16,18H2,1-10H3,(H2,37,43)(H,39,42)/b13-11-,22-14+,23-17+. The average molecular weight is 689 g/mol. The van der Waals surface area contributed by atoms with Gasteiger partial charge in [0.15, 0.2) is 0 Å². The monoisotopic (exact) mass is 688 g/mol. The molecule has 0 aromatic heterocycles. The zero-order chi connectivity index (χ0) is 36.8. The lowest BCUT2D eigenvalue weighted by Gasteiger charge is -2.33. The summed E-state index contributed by atoms with van der Waals surface area (Å²) in [6.45, 7) is 10.5. The Morgan fingerprint density at radius 3 is 2.35 bits per heavy atom. The van der Waals surface area contributed by atoms with E-state index in [9.17, 15) is 19.5 Å². The fourth-order valence-electron chi connectivity index (χ4n) is 6.11. The highest BCUT2D eigenvalue weighted by Crippen LogP contribution is 2.42. The van der Waals surface area contributed by atoms with E-state index in [-0.39, 0.29) is 34.9 Å². The van der Waals surface area contributed by atoms with E-state index in [1.165, 1.54) is 18.1 Å². The van der Waals surface area contributed by atoms with E-state index in [1.54, 1.807) is 52.5 Å². The Hall–Kier alpha value is -3.91. The molecule has 1 aromatic rings. The summed E-state index contributed by atoms with van der Waals surface area (Å²) in [4.78, 5) is 39.7. The molecule has 1 aliphatic rings. The molecule has 3 amide bonds. The molecular weight excluding hydrogens is 632 g/mol. The highest BCUT2D eigenvalue weighted by Gasteiger charge is 2.33. The molecule has 0 saturated carbocycles. The number of allylic oxidation sites excluding steroid dienone is 2. The number of nitrogens with one attached hydrogen (secondary N) is 2. The number of hydrogen-bond acceptors (Lipinski definition) is 10. The molecular formula is C36H56N4O9. The van der Waals surface area contributed by atoms with Crippen molar-refractivity contribution < 1.29 is 43.2 Å². The normalized spacial score (nSPS) is 28.3. The Morgan fingerprint density at radius 1 is 1.06 bits per heavy atom. The number of phenolic OH excluding ortho intramolecular Hbond substituents is 1. The molecule has 0 radical (unpaired) electrons. The summed E-state index contributed by atoms with van der Waals surface area (Å²) in [5, 5.41) is 17.3. The van der Waals surface area contributed by atoms with Gasteiger partial charge in [-0.1, -0.05) is 45.1 Å². The van der Waals surface area contributed by atoms with Crippen LogP contribution in [0.5, 0.6) is 11.5 Å². The summed E-state index contributed by atoms with van der Waals surface area (Å²) in [7, 11) is 8.20. The zero-order valence-corrected chi connectivity index (χ0v) is 30.6. The summed E-state index contributed by atoms with van der Waals surface area (Å²) in [6.07, 6.45) is 4.53. The number of carbonyl (C=O) groups excluding carboxylic acids is 3. The largest absolute Gasteiger partial charge is 0.505 e. The van der Waals surface area contributed by atoms with E-state index < -0.39 is 42.5 Å². The number of methoxy groups -OCH3 is 3. The molecule has 13 heteroatoms. The Labute approximate surface area is 290 Å². The van der Waals surface area contributed by atoms with Gasteiger partial charge in [0.2, 0.25) is 0 Å². The number of benzene rings is 1. The van der Waals surface area contributed by atoms with Gasteiger partial charge in [-0.3, -0.25) is 4.79 Å². The molecule has 0 aliphatic carbocycles. The second-order valence-electron chi connectivity index (χ2n) is 12.7. The molecule has 274 valence electrons. The lowest BCUT2D eigenvalue weighted by molar-refractivity contribution is -0.112. The zero-order valence-electron chi connectivity index (χ0n) is 30.6. The number of hydrogen-bond donors (Lipinski definition) is 4. The van der Waals surface area contributed by atoms with Gasteiger partial charge in [-0.05, 0) is 57.8 Å². The maximum Gasteiger partial charge on any atom is 0.414 e. The molecule has 13 nitrogen and oxygen atoms in total. The van der Waals surface area contributed by atoms with Gasteiger partial charge in [-0.25, -0.2) is 9.59 Å². The Kier molecular flexibility index (Phi) is 16.8. The van der Waals surface area contributed by atoms with E-state index in [1.807, 2.05) is 40.8 Å². The van der Waals surface area contributed by atoms with Crippen molar-refractivity contribution in [1.29, 1.82) is 0 Å². The van der Waals surface area contributed by atoms with Gasteiger partial charge in [0.1, 0.15) is 17.6 Å². The van der Waals surface area contributed by atoms with Crippen LogP contribution in [0.2, 0.25) is 0 Å². The molecule has 7 atom stereocenters. The van der Waals surface area contributed by atoms with Crippen molar-refractivity contribution in [2.45, 2.75) is 71.9 Å². The Bertz CT molecular complexity index is 1360. The summed E-state index contributed by atoms with van der Waals surface area (Å²) in [5.74, 6) is -1.35. The summed E-state index contributed by atoms with van der Waals surface area (Å²) >= 11 is 0. The minimum absolute atomic E-state index is 0.0434. The number of nitrogens with two attached hydrogens (primary N) is 1. The molecule has 1 aliphatic heterocycles. The maximum atomic E-state index is 13.3. The Morgan fingerprint density at radius 2 is 1.76 bits per heavy atom. The van der Waals surface area contributed by atoms with Gasteiger partial charge in [0, 0.05) is 64.0 Å². The number of anilines is 1. The fourth-order valence-corrected chi connectivity index (χ4v) is 6.11. The van der Waals surface area contributed by atoms with Crippen molar-refractivity contribution in [3.8, 4) is 11.5 Å². The second kappa shape index (κ2) is 19.9. The van der Waals surface area contributed by atoms with Crippen molar-refractivity contribution in [1.82, 2.24) is 10.2 Å². The highest BCUT2D eigenvalue weighted by atomic mass is 16.6. The van der Waals surface area contributed by atoms with Crippen LogP contribution >= 0.6 is 0 Å². The van der Waals surface area contributed by atoms with Gasteiger partial charge >= 0.3 is 12.2 Å². The number of ether oxygens (including phenoxy) is 5. The number of fused-ring (bicyclic) bond motifs is 2. The van der Waals surface area contributed by atoms with E-state index in [0.717, 1.165) is 18.5 Å². The number of carbonyl (C=O) groups is 3. The van der Waals surface area contributed by atoms with Gasteiger partial charge in [0.25, 0.3) is 5.91 Å². The van der Waals surface area contributed by atoms with Crippen LogP contribution in [0.1, 0.15) is 59.1 Å². The van der Waals surface area contributed by atoms with Crippen LogP contribution in [0.15, 0.2) is 47.6 Å². The van der Waals surface area contributed by atoms with E-state index in [4.69, 9.17) is 29.4 Å². The molecule has 5 N–H and O–H groups in total. The van der Waals surface area contributed by atoms with Crippen molar-refractivity contribution in [3.63, 3.8) is 0 Å². The molecule has 7 unspecified atom stereocenters. The van der Waals surface area contributed by atoms with Gasteiger partial charge in [0.05, 0.1) is 24.0 Å². The molecule has 1 heterocycles. The van der Waals surface area contributed by atoms with Crippen LogP contribution < -0.4 is 21.1 Å². The third-order valence-corrected chi connectivity index (χ3v) is 8.75. The number of rotatable bonds is 9. The highest BCUT2D eigenvalue weighted by molar-refractivity contribution is 6.04. The van der Waals surface area contributed by atoms with Crippen molar-refractivity contribution >= 4 is 23.8 Å². The molecule has 0 fully saturated rings. The topological polar surface area (TPSA) is 171 Å². The molecule has 0 saturated heterocycles. The number of primary amides is 1. The van der Waals surface area contributed by atoms with Crippen molar-refractivity contribution in [2.75, 3.05) is 53.8 Å². The minimum atomic E-state index is -0.903.